The van der Waals surface area contributed by atoms with E-state index in [0.717, 1.165) is 45.2 Å². The molecule has 2 N–H and O–H groups in total. The molecule has 2 atom stereocenters. The minimum atomic E-state index is -0.144. The molecule has 1 aliphatic carbocycles. The topological polar surface area (TPSA) is 41.1 Å². The summed E-state index contributed by atoms with van der Waals surface area (Å²) in [6.45, 7) is 6.36. The fourth-order valence-corrected chi connectivity index (χ4v) is 4.38. The lowest BCUT2D eigenvalue weighted by molar-refractivity contribution is -0.134. The summed E-state index contributed by atoms with van der Waals surface area (Å²) in [5.74, 6) is 1.04. The minimum Gasteiger partial charge on any atom is -0.353 e. The van der Waals surface area contributed by atoms with Gasteiger partial charge in [0.15, 0.2) is 0 Å². The number of hydrogen-bond acceptors (Lipinski definition) is 2. The van der Waals surface area contributed by atoms with Crippen molar-refractivity contribution in [2.24, 2.45) is 11.3 Å². The Hall–Kier alpha value is -0.570. The summed E-state index contributed by atoms with van der Waals surface area (Å²) in [6, 6.07) is 0.397. The molecule has 2 unspecified atom stereocenters. The molecule has 2 fully saturated rings. The summed E-state index contributed by atoms with van der Waals surface area (Å²) in [6.07, 6.45) is 12.1. The Balaban J connectivity index is 1.98. The number of carbonyl (C=O) groups is 1. The maximum absolute atomic E-state index is 13.0. The van der Waals surface area contributed by atoms with Gasteiger partial charge in [0, 0.05) is 12.6 Å². The van der Waals surface area contributed by atoms with Gasteiger partial charge in [-0.1, -0.05) is 39.5 Å². The largest absolute Gasteiger partial charge is 0.353 e. The van der Waals surface area contributed by atoms with Gasteiger partial charge >= 0.3 is 0 Å². The van der Waals surface area contributed by atoms with Crippen molar-refractivity contribution in [1.29, 1.82) is 0 Å². The first kappa shape index (κ1) is 16.8. The summed E-state index contributed by atoms with van der Waals surface area (Å²) < 4.78 is 0. The van der Waals surface area contributed by atoms with E-state index in [1.165, 1.54) is 32.1 Å². The maximum Gasteiger partial charge on any atom is 0.227 e. The van der Waals surface area contributed by atoms with E-state index in [-0.39, 0.29) is 5.41 Å². The fraction of sp³-hybridized carbons (Fsp3) is 0.944. The van der Waals surface area contributed by atoms with Crippen LogP contribution in [0.1, 0.15) is 78.1 Å². The highest BCUT2D eigenvalue weighted by atomic mass is 16.2. The van der Waals surface area contributed by atoms with Gasteiger partial charge < -0.3 is 10.6 Å². The van der Waals surface area contributed by atoms with Crippen LogP contribution in [0.3, 0.4) is 0 Å². The van der Waals surface area contributed by atoms with Crippen molar-refractivity contribution in [3.63, 3.8) is 0 Å². The van der Waals surface area contributed by atoms with E-state index < -0.39 is 0 Å². The Morgan fingerprint density at radius 2 is 2.00 bits per heavy atom. The van der Waals surface area contributed by atoms with Crippen molar-refractivity contribution in [1.82, 2.24) is 10.6 Å². The molecule has 0 aromatic carbocycles. The summed E-state index contributed by atoms with van der Waals surface area (Å²) >= 11 is 0. The smallest absolute Gasteiger partial charge is 0.227 e. The molecule has 21 heavy (non-hydrogen) atoms. The number of piperidine rings is 1. The second-order valence-electron chi connectivity index (χ2n) is 7.20. The van der Waals surface area contributed by atoms with Crippen molar-refractivity contribution in [3.8, 4) is 0 Å². The first-order valence-electron chi connectivity index (χ1n) is 9.23. The van der Waals surface area contributed by atoms with Crippen molar-refractivity contribution < 1.29 is 4.79 Å². The number of carbonyl (C=O) groups excluding carboxylic acids is 1. The van der Waals surface area contributed by atoms with Gasteiger partial charge in [-0.3, -0.25) is 4.79 Å². The molecule has 0 aromatic rings. The third-order valence-electron chi connectivity index (χ3n) is 5.66. The van der Waals surface area contributed by atoms with Gasteiger partial charge in [0.2, 0.25) is 5.91 Å². The monoisotopic (exact) mass is 294 g/mol. The van der Waals surface area contributed by atoms with Gasteiger partial charge in [0.05, 0.1) is 5.41 Å². The molecule has 0 spiro atoms. The zero-order chi connectivity index (χ0) is 15.1. The molecular weight excluding hydrogens is 260 g/mol. The van der Waals surface area contributed by atoms with Gasteiger partial charge in [-0.05, 0) is 51.0 Å². The summed E-state index contributed by atoms with van der Waals surface area (Å²) in [7, 11) is 0. The van der Waals surface area contributed by atoms with Crippen LogP contribution in [0.2, 0.25) is 0 Å². The Bertz CT molecular complexity index is 312. The van der Waals surface area contributed by atoms with E-state index in [9.17, 15) is 4.79 Å². The highest BCUT2D eigenvalue weighted by Gasteiger charge is 2.40. The lowest BCUT2D eigenvalue weighted by Crippen LogP contribution is -2.54. The van der Waals surface area contributed by atoms with Crippen LogP contribution in [0.25, 0.3) is 0 Å². The van der Waals surface area contributed by atoms with Crippen LogP contribution >= 0.6 is 0 Å². The Morgan fingerprint density at radius 3 is 2.57 bits per heavy atom. The van der Waals surface area contributed by atoms with Gasteiger partial charge in [0.25, 0.3) is 0 Å². The second-order valence-corrected chi connectivity index (χ2v) is 7.20. The van der Waals surface area contributed by atoms with Crippen molar-refractivity contribution >= 4 is 5.91 Å². The molecule has 0 radical (unpaired) electrons. The SMILES string of the molecule is CCCC1(C(=O)NC(CC)C2CCCCC2)CCCNC1. The average Bonchev–Trinajstić information content (AvgIpc) is 2.54. The molecule has 1 saturated heterocycles. The van der Waals surface area contributed by atoms with Gasteiger partial charge in [0.1, 0.15) is 0 Å². The summed E-state index contributed by atoms with van der Waals surface area (Å²) in [5.41, 5.74) is -0.144. The highest BCUT2D eigenvalue weighted by molar-refractivity contribution is 5.83. The molecule has 1 aliphatic heterocycles. The second kappa shape index (κ2) is 8.17. The first-order chi connectivity index (χ1) is 10.2. The maximum atomic E-state index is 13.0. The number of rotatable bonds is 6. The van der Waals surface area contributed by atoms with Crippen LogP contribution in [0.4, 0.5) is 0 Å². The molecule has 3 nitrogen and oxygen atoms in total. The predicted octanol–water partition coefficient (Wildman–Crippen LogP) is 3.63. The van der Waals surface area contributed by atoms with E-state index >= 15 is 0 Å². The summed E-state index contributed by atoms with van der Waals surface area (Å²) in [4.78, 5) is 13.0. The third kappa shape index (κ3) is 4.21. The van der Waals surface area contributed by atoms with Crippen LogP contribution in [-0.2, 0) is 4.79 Å². The van der Waals surface area contributed by atoms with Gasteiger partial charge in [-0.15, -0.1) is 0 Å². The average molecular weight is 294 g/mol. The molecular formula is C18H34N2O. The molecule has 1 saturated carbocycles. The number of hydrogen-bond donors (Lipinski definition) is 2. The van der Waals surface area contributed by atoms with Crippen molar-refractivity contribution in [3.05, 3.63) is 0 Å². The highest BCUT2D eigenvalue weighted by Crippen LogP contribution is 2.33. The number of amides is 1. The fourth-order valence-electron chi connectivity index (χ4n) is 4.38. The van der Waals surface area contributed by atoms with E-state index in [4.69, 9.17) is 0 Å². The molecule has 1 amide bonds. The van der Waals surface area contributed by atoms with Crippen LogP contribution < -0.4 is 10.6 Å². The van der Waals surface area contributed by atoms with Crippen LogP contribution in [0, 0.1) is 11.3 Å². The Kier molecular flexibility index (Phi) is 6.53. The van der Waals surface area contributed by atoms with E-state index in [0.29, 0.717) is 17.9 Å². The first-order valence-corrected chi connectivity index (χ1v) is 9.23. The Labute approximate surface area is 130 Å². The van der Waals surface area contributed by atoms with Crippen LogP contribution in [0.5, 0.6) is 0 Å². The van der Waals surface area contributed by atoms with E-state index in [2.05, 4.69) is 24.5 Å². The molecule has 1 heterocycles. The summed E-state index contributed by atoms with van der Waals surface area (Å²) in [5, 5.41) is 6.90. The van der Waals surface area contributed by atoms with Gasteiger partial charge in [-0.25, -0.2) is 0 Å². The molecule has 2 aliphatic rings. The Morgan fingerprint density at radius 1 is 1.24 bits per heavy atom. The number of nitrogens with one attached hydrogen (secondary N) is 2. The van der Waals surface area contributed by atoms with E-state index in [1.807, 2.05) is 0 Å². The predicted molar refractivity (Wildman–Crippen MR) is 88.2 cm³/mol. The lowest BCUT2D eigenvalue weighted by atomic mass is 9.75. The standard InChI is InChI=1S/C18H34N2O/c1-3-11-18(12-8-13-19-14-18)17(21)20-16(4-2)15-9-6-5-7-10-15/h15-16,19H,3-14H2,1-2H3,(H,20,21). The van der Waals surface area contributed by atoms with Crippen molar-refractivity contribution in [2.75, 3.05) is 13.1 Å². The minimum absolute atomic E-state index is 0.144. The van der Waals surface area contributed by atoms with Gasteiger partial charge in [-0.2, -0.15) is 0 Å². The van der Waals surface area contributed by atoms with Crippen LogP contribution in [0.15, 0.2) is 0 Å². The quantitative estimate of drug-likeness (QED) is 0.785. The zero-order valence-corrected chi connectivity index (χ0v) is 14.0. The van der Waals surface area contributed by atoms with E-state index in [1.54, 1.807) is 0 Å². The molecule has 122 valence electrons. The molecule has 2 rings (SSSR count). The zero-order valence-electron chi connectivity index (χ0n) is 14.0. The third-order valence-corrected chi connectivity index (χ3v) is 5.66. The normalized spacial score (nSPS) is 29.0. The molecule has 0 bridgehead atoms. The van der Waals surface area contributed by atoms with Crippen molar-refractivity contribution in [2.45, 2.75) is 84.1 Å². The molecule has 0 aromatic heterocycles. The lowest BCUT2D eigenvalue weighted by Gasteiger charge is -2.39. The molecule has 3 heteroatoms. The van der Waals surface area contributed by atoms with Crippen LogP contribution in [-0.4, -0.2) is 25.0 Å².